The fourth-order valence-electron chi connectivity index (χ4n) is 2.16. The van der Waals surface area contributed by atoms with E-state index < -0.39 is 0 Å². The summed E-state index contributed by atoms with van der Waals surface area (Å²) < 4.78 is 0. The van der Waals surface area contributed by atoms with Crippen molar-refractivity contribution < 1.29 is 0 Å². The molecule has 2 aromatic carbocycles. The van der Waals surface area contributed by atoms with Gasteiger partial charge >= 0.3 is 0 Å². The van der Waals surface area contributed by atoms with Crippen molar-refractivity contribution >= 4 is 11.8 Å². The zero-order valence-corrected chi connectivity index (χ0v) is 13.3. The molecule has 1 atom stereocenters. The minimum absolute atomic E-state index is 0.114. The molecular weight excluding hydrogens is 262 g/mol. The third-order valence-electron chi connectivity index (χ3n) is 3.78. The van der Waals surface area contributed by atoms with Gasteiger partial charge in [-0.1, -0.05) is 42.5 Å². The summed E-state index contributed by atoms with van der Waals surface area (Å²) >= 11 is 1.91. The Morgan fingerprint density at radius 2 is 1.70 bits per heavy atom. The second-order valence-electron chi connectivity index (χ2n) is 5.39. The lowest BCUT2D eigenvalue weighted by molar-refractivity contribution is 0.829. The normalized spacial score (nSPS) is 12.4. The molecule has 0 aliphatic heterocycles. The Morgan fingerprint density at radius 1 is 0.950 bits per heavy atom. The van der Waals surface area contributed by atoms with E-state index in [9.17, 15) is 0 Å². The van der Waals surface area contributed by atoms with E-state index in [-0.39, 0.29) is 6.04 Å². The molecule has 2 N–H and O–H groups in total. The molecule has 0 amide bonds. The molecule has 0 spiro atoms. The van der Waals surface area contributed by atoms with Crippen molar-refractivity contribution in [3.8, 4) is 0 Å². The van der Waals surface area contributed by atoms with Crippen LogP contribution in [0.1, 0.15) is 33.9 Å². The lowest BCUT2D eigenvalue weighted by atomic mass is 10.0. The third kappa shape index (κ3) is 3.87. The SMILES string of the molecule is Cc1ccc(C(N)CSCc2ccccc2C)cc1C. The summed E-state index contributed by atoms with van der Waals surface area (Å²) in [5.74, 6) is 1.99. The Kier molecular flexibility index (Phi) is 5.27. The first kappa shape index (κ1) is 15.1. The molecule has 2 heteroatoms. The van der Waals surface area contributed by atoms with Crippen LogP contribution in [-0.4, -0.2) is 5.75 Å². The van der Waals surface area contributed by atoms with Gasteiger partial charge in [0.05, 0.1) is 0 Å². The van der Waals surface area contributed by atoms with Gasteiger partial charge in [0.25, 0.3) is 0 Å². The molecule has 0 heterocycles. The number of rotatable bonds is 5. The van der Waals surface area contributed by atoms with Gasteiger partial charge in [-0.2, -0.15) is 11.8 Å². The van der Waals surface area contributed by atoms with Gasteiger partial charge in [-0.05, 0) is 48.6 Å². The van der Waals surface area contributed by atoms with Crippen LogP contribution in [0, 0.1) is 20.8 Å². The predicted molar refractivity (Wildman–Crippen MR) is 90.2 cm³/mol. The molecule has 0 saturated heterocycles. The first-order valence-electron chi connectivity index (χ1n) is 7.03. The van der Waals surface area contributed by atoms with Gasteiger partial charge in [0.15, 0.2) is 0 Å². The van der Waals surface area contributed by atoms with Crippen molar-refractivity contribution in [2.24, 2.45) is 5.73 Å². The Balaban J connectivity index is 1.90. The van der Waals surface area contributed by atoms with E-state index in [2.05, 4.69) is 63.2 Å². The standard InChI is InChI=1S/C18H23NS/c1-13-8-9-16(10-15(13)3)18(19)12-20-11-17-7-5-4-6-14(17)2/h4-10,18H,11-12,19H2,1-3H3. The van der Waals surface area contributed by atoms with Crippen LogP contribution in [0.15, 0.2) is 42.5 Å². The number of thioether (sulfide) groups is 1. The zero-order chi connectivity index (χ0) is 14.5. The van der Waals surface area contributed by atoms with Crippen molar-refractivity contribution in [2.75, 3.05) is 5.75 Å². The lowest BCUT2D eigenvalue weighted by Crippen LogP contribution is -2.13. The summed E-state index contributed by atoms with van der Waals surface area (Å²) in [4.78, 5) is 0. The molecule has 0 aromatic heterocycles. The molecule has 0 aliphatic carbocycles. The van der Waals surface area contributed by atoms with Crippen molar-refractivity contribution in [3.63, 3.8) is 0 Å². The Labute approximate surface area is 126 Å². The monoisotopic (exact) mass is 285 g/mol. The van der Waals surface area contributed by atoms with Gasteiger partial charge in [0.2, 0.25) is 0 Å². The molecule has 0 aliphatic rings. The minimum Gasteiger partial charge on any atom is -0.323 e. The first-order chi connectivity index (χ1) is 9.58. The van der Waals surface area contributed by atoms with Gasteiger partial charge in [-0.25, -0.2) is 0 Å². The second-order valence-corrected chi connectivity index (χ2v) is 6.42. The van der Waals surface area contributed by atoms with E-state index in [0.29, 0.717) is 0 Å². The molecular formula is C18H23NS. The first-order valence-corrected chi connectivity index (χ1v) is 8.18. The Hall–Kier alpha value is -1.25. The largest absolute Gasteiger partial charge is 0.323 e. The summed E-state index contributed by atoms with van der Waals surface area (Å²) in [5.41, 5.74) is 13.0. The highest BCUT2D eigenvalue weighted by molar-refractivity contribution is 7.98. The fourth-order valence-corrected chi connectivity index (χ4v) is 3.27. The highest BCUT2D eigenvalue weighted by atomic mass is 32.2. The fraction of sp³-hybridized carbons (Fsp3) is 0.333. The number of hydrogen-bond acceptors (Lipinski definition) is 2. The third-order valence-corrected chi connectivity index (χ3v) is 4.89. The van der Waals surface area contributed by atoms with Crippen molar-refractivity contribution in [1.82, 2.24) is 0 Å². The van der Waals surface area contributed by atoms with E-state index in [1.54, 1.807) is 0 Å². The number of aryl methyl sites for hydroxylation is 3. The smallest absolute Gasteiger partial charge is 0.0387 e. The van der Waals surface area contributed by atoms with Crippen LogP contribution in [0.3, 0.4) is 0 Å². The van der Waals surface area contributed by atoms with Gasteiger partial charge in [0.1, 0.15) is 0 Å². The maximum absolute atomic E-state index is 6.30. The molecule has 1 nitrogen and oxygen atoms in total. The summed E-state index contributed by atoms with van der Waals surface area (Å²) in [6.45, 7) is 6.45. The molecule has 2 rings (SSSR count). The topological polar surface area (TPSA) is 26.0 Å². The molecule has 0 fully saturated rings. The maximum Gasteiger partial charge on any atom is 0.0387 e. The summed E-state index contributed by atoms with van der Waals surface area (Å²) in [7, 11) is 0. The van der Waals surface area contributed by atoms with Gasteiger partial charge < -0.3 is 5.73 Å². The van der Waals surface area contributed by atoms with Crippen molar-refractivity contribution in [2.45, 2.75) is 32.6 Å². The van der Waals surface area contributed by atoms with Gasteiger partial charge in [0, 0.05) is 17.5 Å². The average Bonchev–Trinajstić information content (AvgIpc) is 2.44. The highest BCUT2D eigenvalue weighted by Crippen LogP contribution is 2.22. The summed E-state index contributed by atoms with van der Waals surface area (Å²) in [6.07, 6.45) is 0. The Bertz CT molecular complexity index is 577. The van der Waals surface area contributed by atoms with E-state index in [4.69, 9.17) is 5.73 Å². The molecule has 20 heavy (non-hydrogen) atoms. The lowest BCUT2D eigenvalue weighted by Gasteiger charge is -2.14. The zero-order valence-electron chi connectivity index (χ0n) is 12.5. The molecule has 106 valence electrons. The predicted octanol–water partition coefficient (Wildman–Crippen LogP) is 4.55. The van der Waals surface area contributed by atoms with Crippen LogP contribution in [-0.2, 0) is 5.75 Å². The highest BCUT2D eigenvalue weighted by Gasteiger charge is 2.07. The number of nitrogens with two attached hydrogens (primary N) is 1. The quantitative estimate of drug-likeness (QED) is 0.872. The van der Waals surface area contributed by atoms with Gasteiger partial charge in [-0.15, -0.1) is 0 Å². The summed E-state index contributed by atoms with van der Waals surface area (Å²) in [5, 5.41) is 0. The molecule has 2 aromatic rings. The number of benzene rings is 2. The van der Waals surface area contributed by atoms with Crippen LogP contribution < -0.4 is 5.73 Å². The average molecular weight is 285 g/mol. The molecule has 0 radical (unpaired) electrons. The van der Waals surface area contributed by atoms with Crippen LogP contribution in [0.25, 0.3) is 0 Å². The molecule has 1 unspecified atom stereocenters. The molecule has 0 saturated carbocycles. The van der Waals surface area contributed by atoms with E-state index >= 15 is 0 Å². The van der Waals surface area contributed by atoms with Crippen molar-refractivity contribution in [1.29, 1.82) is 0 Å². The van der Waals surface area contributed by atoms with Crippen LogP contribution in [0.4, 0.5) is 0 Å². The van der Waals surface area contributed by atoms with Crippen LogP contribution in [0.2, 0.25) is 0 Å². The van der Waals surface area contributed by atoms with E-state index in [1.165, 1.54) is 27.8 Å². The second kappa shape index (κ2) is 6.96. The van der Waals surface area contributed by atoms with Gasteiger partial charge in [-0.3, -0.25) is 0 Å². The van der Waals surface area contributed by atoms with Crippen LogP contribution >= 0.6 is 11.8 Å². The van der Waals surface area contributed by atoms with E-state index in [0.717, 1.165) is 11.5 Å². The van der Waals surface area contributed by atoms with E-state index in [1.807, 2.05) is 11.8 Å². The summed E-state index contributed by atoms with van der Waals surface area (Å²) in [6, 6.07) is 15.2. The van der Waals surface area contributed by atoms with Crippen LogP contribution in [0.5, 0.6) is 0 Å². The minimum atomic E-state index is 0.114. The maximum atomic E-state index is 6.30. The van der Waals surface area contributed by atoms with Crippen molar-refractivity contribution in [3.05, 3.63) is 70.3 Å². The Morgan fingerprint density at radius 3 is 2.40 bits per heavy atom. The number of hydrogen-bond donors (Lipinski definition) is 1. The molecule has 0 bridgehead atoms.